The van der Waals surface area contributed by atoms with Gasteiger partial charge in [-0.15, -0.1) is 0 Å². The van der Waals surface area contributed by atoms with Gasteiger partial charge in [0.2, 0.25) is 0 Å². The number of ether oxygens (including phenoxy) is 1. The van der Waals surface area contributed by atoms with E-state index in [1.807, 2.05) is 18.4 Å². The van der Waals surface area contributed by atoms with Crippen molar-refractivity contribution in [3.05, 3.63) is 47.9 Å². The van der Waals surface area contributed by atoms with Gasteiger partial charge in [0.25, 0.3) is 0 Å². The van der Waals surface area contributed by atoms with Crippen LogP contribution in [-0.2, 0) is 4.74 Å². The van der Waals surface area contributed by atoms with Crippen molar-refractivity contribution >= 4 is 17.4 Å². The van der Waals surface area contributed by atoms with Gasteiger partial charge in [-0.3, -0.25) is 4.90 Å². The summed E-state index contributed by atoms with van der Waals surface area (Å²) in [6.07, 6.45) is 5.10. The predicted molar refractivity (Wildman–Crippen MR) is 70.2 cm³/mol. The summed E-state index contributed by atoms with van der Waals surface area (Å²) in [5.74, 6) is -0.333. The second kappa shape index (κ2) is 4.76. The fourth-order valence-corrected chi connectivity index (χ4v) is 2.21. The molecule has 1 aromatic carbocycles. The number of benzene rings is 1. The van der Waals surface area contributed by atoms with Crippen molar-refractivity contribution in [2.75, 3.05) is 24.6 Å². The molecule has 2 aliphatic heterocycles. The van der Waals surface area contributed by atoms with Gasteiger partial charge in [-0.25, -0.2) is 9.18 Å². The average Bonchev–Trinajstić information content (AvgIpc) is 2.86. The Morgan fingerprint density at radius 3 is 2.89 bits per heavy atom. The molecular formula is C14H13FN2O2. The number of halogens is 1. The maximum absolute atomic E-state index is 14.1. The molecule has 0 aliphatic carbocycles. The number of allylic oxidation sites excluding steroid dienone is 2. The molecule has 0 radical (unpaired) electrons. The molecule has 1 fully saturated rings. The van der Waals surface area contributed by atoms with Gasteiger partial charge in [0.1, 0.15) is 12.4 Å². The van der Waals surface area contributed by atoms with Gasteiger partial charge in [-0.1, -0.05) is 6.08 Å². The Morgan fingerprint density at radius 1 is 1.37 bits per heavy atom. The first kappa shape index (κ1) is 11.8. The van der Waals surface area contributed by atoms with E-state index in [-0.39, 0.29) is 5.82 Å². The molecular weight excluding hydrogens is 247 g/mol. The highest BCUT2D eigenvalue weighted by Crippen LogP contribution is 2.26. The van der Waals surface area contributed by atoms with E-state index in [1.54, 1.807) is 12.1 Å². The van der Waals surface area contributed by atoms with Crippen molar-refractivity contribution in [1.29, 1.82) is 0 Å². The standard InChI is InChI=1S/C14H13FN2O2/c15-13-8-11(17-6-7-19-14(17)18)3-4-12(13)10-2-1-5-16-9-10/h1-5,8,16H,6-7,9H2. The number of amides is 1. The Hall–Kier alpha value is -2.30. The fraction of sp³-hybridized carbons (Fsp3) is 0.214. The first-order chi connectivity index (χ1) is 9.25. The van der Waals surface area contributed by atoms with E-state index < -0.39 is 6.09 Å². The molecule has 19 heavy (non-hydrogen) atoms. The normalized spacial score (nSPS) is 18.1. The zero-order valence-electron chi connectivity index (χ0n) is 10.2. The number of nitrogens with one attached hydrogen (secondary N) is 1. The van der Waals surface area contributed by atoms with Crippen molar-refractivity contribution in [3.8, 4) is 0 Å². The van der Waals surface area contributed by atoms with Gasteiger partial charge >= 0.3 is 6.09 Å². The van der Waals surface area contributed by atoms with Crippen molar-refractivity contribution < 1.29 is 13.9 Å². The van der Waals surface area contributed by atoms with E-state index in [9.17, 15) is 9.18 Å². The van der Waals surface area contributed by atoms with E-state index in [1.165, 1.54) is 11.0 Å². The molecule has 0 aromatic heterocycles. The second-order valence-corrected chi connectivity index (χ2v) is 4.36. The number of hydrogen-bond acceptors (Lipinski definition) is 3. The van der Waals surface area contributed by atoms with Crippen molar-refractivity contribution in [2.24, 2.45) is 0 Å². The molecule has 98 valence electrons. The van der Waals surface area contributed by atoms with Gasteiger partial charge < -0.3 is 10.1 Å². The number of anilines is 1. The quantitative estimate of drug-likeness (QED) is 0.887. The highest BCUT2D eigenvalue weighted by Gasteiger charge is 2.24. The van der Waals surface area contributed by atoms with Crippen LogP contribution in [0, 0.1) is 5.82 Å². The predicted octanol–water partition coefficient (Wildman–Crippen LogP) is 2.28. The van der Waals surface area contributed by atoms with Crippen molar-refractivity contribution in [1.82, 2.24) is 5.32 Å². The summed E-state index contributed by atoms with van der Waals surface area (Å²) >= 11 is 0. The van der Waals surface area contributed by atoms with E-state index in [4.69, 9.17) is 4.74 Å². The lowest BCUT2D eigenvalue weighted by Crippen LogP contribution is -2.23. The first-order valence-corrected chi connectivity index (χ1v) is 6.09. The van der Waals surface area contributed by atoms with Gasteiger partial charge in [-0.2, -0.15) is 0 Å². The largest absolute Gasteiger partial charge is 0.447 e. The Labute approximate surface area is 110 Å². The van der Waals surface area contributed by atoms with Crippen LogP contribution in [0.5, 0.6) is 0 Å². The molecule has 0 saturated carbocycles. The number of cyclic esters (lactones) is 1. The zero-order chi connectivity index (χ0) is 13.2. The third-order valence-electron chi connectivity index (χ3n) is 3.18. The summed E-state index contributed by atoms with van der Waals surface area (Å²) in [6.45, 7) is 1.41. The summed E-state index contributed by atoms with van der Waals surface area (Å²) in [4.78, 5) is 12.9. The lowest BCUT2D eigenvalue weighted by atomic mass is 10.0. The topological polar surface area (TPSA) is 41.6 Å². The van der Waals surface area contributed by atoms with Crippen LogP contribution >= 0.6 is 0 Å². The number of rotatable bonds is 2. The van der Waals surface area contributed by atoms with Crippen LogP contribution in [-0.4, -0.2) is 25.8 Å². The molecule has 3 rings (SSSR count). The first-order valence-electron chi connectivity index (χ1n) is 6.09. The molecule has 1 N–H and O–H groups in total. The van der Waals surface area contributed by atoms with Gasteiger partial charge in [0.05, 0.1) is 12.2 Å². The van der Waals surface area contributed by atoms with E-state index in [0.29, 0.717) is 30.9 Å². The molecule has 1 amide bonds. The average molecular weight is 260 g/mol. The van der Waals surface area contributed by atoms with Gasteiger partial charge in [0.15, 0.2) is 0 Å². The lowest BCUT2D eigenvalue weighted by Gasteiger charge is -2.16. The molecule has 4 nitrogen and oxygen atoms in total. The summed E-state index contributed by atoms with van der Waals surface area (Å²) < 4.78 is 19.0. The second-order valence-electron chi connectivity index (χ2n) is 4.36. The number of hydrogen-bond donors (Lipinski definition) is 1. The van der Waals surface area contributed by atoms with Crippen LogP contribution in [0.15, 0.2) is 36.6 Å². The molecule has 2 aliphatic rings. The van der Waals surface area contributed by atoms with E-state index in [2.05, 4.69) is 5.32 Å². The summed E-state index contributed by atoms with van der Waals surface area (Å²) in [5, 5.41) is 3.04. The summed E-state index contributed by atoms with van der Waals surface area (Å²) in [6, 6.07) is 4.81. The molecule has 1 saturated heterocycles. The lowest BCUT2D eigenvalue weighted by molar-refractivity contribution is 0.181. The van der Waals surface area contributed by atoms with Crippen LogP contribution in [0.2, 0.25) is 0 Å². The number of dihydropyridines is 1. The minimum Gasteiger partial charge on any atom is -0.447 e. The number of nitrogens with zero attached hydrogens (tertiary/aromatic N) is 1. The van der Waals surface area contributed by atoms with E-state index in [0.717, 1.165) is 5.57 Å². The Morgan fingerprint density at radius 2 is 2.26 bits per heavy atom. The van der Waals surface area contributed by atoms with Crippen molar-refractivity contribution in [2.45, 2.75) is 0 Å². The fourth-order valence-electron chi connectivity index (χ4n) is 2.21. The molecule has 5 heteroatoms. The van der Waals surface area contributed by atoms with Crippen molar-refractivity contribution in [3.63, 3.8) is 0 Å². The molecule has 0 unspecified atom stereocenters. The molecule has 1 aromatic rings. The molecule has 0 bridgehead atoms. The highest BCUT2D eigenvalue weighted by molar-refractivity contribution is 5.89. The maximum atomic E-state index is 14.1. The Bertz CT molecular complexity index is 581. The Kier molecular flexibility index (Phi) is 2.95. The highest BCUT2D eigenvalue weighted by atomic mass is 19.1. The summed E-state index contributed by atoms with van der Waals surface area (Å²) in [5.41, 5.74) is 1.97. The van der Waals surface area contributed by atoms with Crippen LogP contribution in [0.3, 0.4) is 0 Å². The third kappa shape index (κ3) is 2.19. The SMILES string of the molecule is O=C1OCCN1c1ccc(C2=CC=CNC2)c(F)c1. The molecule has 0 spiro atoms. The maximum Gasteiger partial charge on any atom is 0.414 e. The third-order valence-corrected chi connectivity index (χ3v) is 3.18. The molecule has 2 heterocycles. The minimum atomic E-state index is -0.423. The zero-order valence-corrected chi connectivity index (χ0v) is 10.2. The van der Waals surface area contributed by atoms with E-state index >= 15 is 0 Å². The van der Waals surface area contributed by atoms with Gasteiger partial charge in [-0.05, 0) is 36.0 Å². The van der Waals surface area contributed by atoms with Crippen LogP contribution < -0.4 is 10.2 Å². The Balaban J connectivity index is 1.91. The van der Waals surface area contributed by atoms with Gasteiger partial charge in [0, 0.05) is 12.1 Å². The summed E-state index contributed by atoms with van der Waals surface area (Å²) in [7, 11) is 0. The van der Waals surface area contributed by atoms with Crippen LogP contribution in [0.25, 0.3) is 5.57 Å². The number of carbonyl (C=O) groups excluding carboxylic acids is 1. The molecule has 0 atom stereocenters. The minimum absolute atomic E-state index is 0.333. The number of carbonyl (C=O) groups is 1. The van der Waals surface area contributed by atoms with Crippen LogP contribution in [0.4, 0.5) is 14.9 Å². The monoisotopic (exact) mass is 260 g/mol. The van der Waals surface area contributed by atoms with Crippen LogP contribution in [0.1, 0.15) is 5.56 Å². The smallest absolute Gasteiger partial charge is 0.414 e.